The summed E-state index contributed by atoms with van der Waals surface area (Å²) >= 11 is 6.19. The Morgan fingerprint density at radius 2 is 1.84 bits per heavy atom. The maximum absolute atomic E-state index is 13.4. The summed E-state index contributed by atoms with van der Waals surface area (Å²) in [5.74, 6) is -0.363. The lowest BCUT2D eigenvalue weighted by atomic mass is 10.0. The summed E-state index contributed by atoms with van der Waals surface area (Å²) in [7, 11) is 0. The van der Waals surface area contributed by atoms with Crippen molar-refractivity contribution in [3.05, 3.63) is 90.3 Å². The number of hydrogen-bond acceptors (Lipinski definition) is 4. The fraction of sp³-hybridized carbons (Fsp3) is 0.192. The van der Waals surface area contributed by atoms with Gasteiger partial charge in [-0.25, -0.2) is 4.39 Å². The van der Waals surface area contributed by atoms with Crippen molar-refractivity contribution in [3.8, 4) is 11.1 Å². The van der Waals surface area contributed by atoms with E-state index in [4.69, 9.17) is 11.6 Å². The van der Waals surface area contributed by atoms with E-state index < -0.39 is 0 Å². The lowest BCUT2D eigenvalue weighted by Gasteiger charge is -2.18. The molecule has 0 atom stereocenters. The van der Waals surface area contributed by atoms with Crippen LogP contribution in [0.2, 0.25) is 5.02 Å². The number of halogens is 2. The minimum absolute atomic E-state index is 0.335. The zero-order valence-electron chi connectivity index (χ0n) is 18.2. The third-order valence-corrected chi connectivity index (χ3v) is 5.14. The van der Waals surface area contributed by atoms with Gasteiger partial charge in [0.1, 0.15) is 5.82 Å². The molecule has 3 aromatic carbocycles. The third-order valence-electron chi connectivity index (χ3n) is 4.83. The van der Waals surface area contributed by atoms with Crippen LogP contribution in [-0.2, 0) is 0 Å². The van der Waals surface area contributed by atoms with Gasteiger partial charge in [0, 0.05) is 35.9 Å². The van der Waals surface area contributed by atoms with E-state index in [2.05, 4.69) is 47.4 Å². The Morgan fingerprint density at radius 1 is 1.06 bits per heavy atom. The minimum Gasteiger partial charge on any atom is -0.383 e. The third kappa shape index (κ3) is 6.59. The smallest absolute Gasteiger partial charge is 0.124 e. The molecule has 0 fully saturated rings. The van der Waals surface area contributed by atoms with E-state index in [1.807, 2.05) is 41.6 Å². The number of unbranched alkanes of at least 4 members (excludes halogenated alkanes) is 1. The van der Waals surface area contributed by atoms with Gasteiger partial charge in [0.15, 0.2) is 0 Å². The van der Waals surface area contributed by atoms with Gasteiger partial charge in [-0.1, -0.05) is 61.9 Å². The molecule has 0 aliphatic heterocycles. The Hall–Kier alpha value is -3.31. The van der Waals surface area contributed by atoms with Crippen LogP contribution in [0.3, 0.4) is 0 Å². The van der Waals surface area contributed by atoms with E-state index in [1.54, 1.807) is 12.3 Å². The van der Waals surface area contributed by atoms with E-state index in [1.165, 1.54) is 12.1 Å². The molecule has 2 N–H and O–H groups in total. The van der Waals surface area contributed by atoms with Crippen molar-refractivity contribution in [3.63, 3.8) is 0 Å². The number of nitrogens with one attached hydrogen (secondary N) is 2. The Bertz CT molecular complexity index is 1050. The summed E-state index contributed by atoms with van der Waals surface area (Å²) in [5, 5.41) is 13.4. The van der Waals surface area contributed by atoms with Crippen molar-refractivity contribution < 1.29 is 4.39 Å². The predicted octanol–water partition coefficient (Wildman–Crippen LogP) is 7.53. The Labute approximate surface area is 194 Å². The first kappa shape index (κ1) is 23.4. The summed E-state index contributed by atoms with van der Waals surface area (Å²) in [6.07, 6.45) is 5.66. The molecule has 32 heavy (non-hydrogen) atoms. The van der Waals surface area contributed by atoms with Gasteiger partial charge in [0.2, 0.25) is 0 Å². The predicted molar refractivity (Wildman–Crippen MR) is 135 cm³/mol. The molecule has 166 valence electrons. The summed E-state index contributed by atoms with van der Waals surface area (Å²) in [6.45, 7) is 7.36. The molecule has 3 rings (SSSR count). The molecule has 6 heteroatoms. The molecule has 0 aromatic heterocycles. The minimum atomic E-state index is -0.363. The Balaban J connectivity index is 1.79. The van der Waals surface area contributed by atoms with E-state index in [-0.39, 0.29) is 5.82 Å². The fourth-order valence-electron chi connectivity index (χ4n) is 3.17. The van der Waals surface area contributed by atoms with Crippen molar-refractivity contribution in [2.45, 2.75) is 19.8 Å². The highest BCUT2D eigenvalue weighted by molar-refractivity contribution is 6.33. The van der Waals surface area contributed by atoms with Gasteiger partial charge in [0.05, 0.1) is 17.3 Å². The maximum Gasteiger partial charge on any atom is 0.124 e. The average molecular weight is 451 g/mol. The summed E-state index contributed by atoms with van der Waals surface area (Å²) in [4.78, 5) is 0. The quantitative estimate of drug-likeness (QED) is 0.234. The Kier molecular flexibility index (Phi) is 8.70. The Morgan fingerprint density at radius 3 is 2.56 bits per heavy atom. The molecule has 0 radical (unpaired) electrons. The second-order valence-electron chi connectivity index (χ2n) is 7.23. The van der Waals surface area contributed by atoms with Crippen LogP contribution in [-0.4, -0.2) is 24.3 Å². The van der Waals surface area contributed by atoms with Crippen LogP contribution >= 0.6 is 11.6 Å². The highest BCUT2D eigenvalue weighted by atomic mass is 35.5. The van der Waals surface area contributed by atoms with Crippen LogP contribution in [0.5, 0.6) is 0 Å². The van der Waals surface area contributed by atoms with Crippen LogP contribution in [0.1, 0.15) is 19.8 Å². The monoisotopic (exact) mass is 450 g/mol. The standard InChI is InChI=1S/C26H28ClFN4/c1-3-5-15-30-32(4-2)17-16-29-25-14-12-22(19-23(25)20-9-7-6-8-10-20)31-26-13-11-21(28)18-24(26)27/h4,6-15,18-19,29,31H,2-3,5,16-17H2,1H3/b30-15-. The van der Waals surface area contributed by atoms with Gasteiger partial charge in [-0.3, -0.25) is 5.01 Å². The summed E-state index contributed by atoms with van der Waals surface area (Å²) in [6, 6.07) is 20.5. The summed E-state index contributed by atoms with van der Waals surface area (Å²) < 4.78 is 13.4. The van der Waals surface area contributed by atoms with Gasteiger partial charge in [-0.15, -0.1) is 0 Å². The topological polar surface area (TPSA) is 39.7 Å². The molecule has 0 aliphatic carbocycles. The highest BCUT2D eigenvalue weighted by Gasteiger charge is 2.09. The molecule has 3 aromatic rings. The molecular weight excluding hydrogens is 423 g/mol. The molecule has 4 nitrogen and oxygen atoms in total. The van der Waals surface area contributed by atoms with Gasteiger partial charge in [0.25, 0.3) is 0 Å². The van der Waals surface area contributed by atoms with Crippen molar-refractivity contribution in [2.24, 2.45) is 5.10 Å². The molecule has 0 saturated heterocycles. The van der Waals surface area contributed by atoms with E-state index >= 15 is 0 Å². The summed E-state index contributed by atoms with van der Waals surface area (Å²) in [5.41, 5.74) is 4.66. The second kappa shape index (κ2) is 11.9. The van der Waals surface area contributed by atoms with E-state index in [9.17, 15) is 4.39 Å². The normalized spacial score (nSPS) is 10.8. The molecule has 0 unspecified atom stereocenters. The van der Waals surface area contributed by atoms with Crippen molar-refractivity contribution >= 4 is 34.9 Å². The van der Waals surface area contributed by atoms with Gasteiger partial charge >= 0.3 is 0 Å². The first-order valence-electron chi connectivity index (χ1n) is 10.7. The van der Waals surface area contributed by atoms with E-state index in [0.717, 1.165) is 35.3 Å². The van der Waals surface area contributed by atoms with Crippen molar-refractivity contribution in [1.82, 2.24) is 5.01 Å². The van der Waals surface area contributed by atoms with Crippen molar-refractivity contribution in [2.75, 3.05) is 23.7 Å². The second-order valence-corrected chi connectivity index (χ2v) is 7.64. The lowest BCUT2D eigenvalue weighted by Crippen LogP contribution is -2.19. The zero-order valence-corrected chi connectivity index (χ0v) is 18.9. The maximum atomic E-state index is 13.4. The average Bonchev–Trinajstić information content (AvgIpc) is 2.81. The number of hydrazone groups is 1. The number of nitrogens with zero attached hydrogens (tertiary/aromatic N) is 2. The molecule has 0 amide bonds. The van der Waals surface area contributed by atoms with Gasteiger partial charge < -0.3 is 10.6 Å². The number of benzene rings is 3. The van der Waals surface area contributed by atoms with Crippen LogP contribution in [0.25, 0.3) is 11.1 Å². The molecular formula is C26H28ClFN4. The largest absolute Gasteiger partial charge is 0.383 e. The molecule has 0 bridgehead atoms. The molecule has 0 saturated carbocycles. The van der Waals surface area contributed by atoms with Crippen LogP contribution in [0.15, 0.2) is 84.6 Å². The molecule has 0 aliphatic rings. The highest BCUT2D eigenvalue weighted by Crippen LogP contribution is 2.33. The SMILES string of the molecule is C=CN(CCNc1ccc(Nc2ccc(F)cc2Cl)cc1-c1ccccc1)/N=C\CCC. The van der Waals surface area contributed by atoms with Gasteiger partial charge in [-0.05, 0) is 48.4 Å². The number of rotatable bonds is 11. The van der Waals surface area contributed by atoms with Crippen LogP contribution in [0.4, 0.5) is 21.5 Å². The van der Waals surface area contributed by atoms with Crippen molar-refractivity contribution in [1.29, 1.82) is 0 Å². The first-order chi connectivity index (χ1) is 15.6. The molecule has 0 heterocycles. The number of hydrogen-bond donors (Lipinski definition) is 2. The first-order valence-corrected chi connectivity index (χ1v) is 11.1. The lowest BCUT2D eigenvalue weighted by molar-refractivity contribution is 0.416. The fourth-order valence-corrected chi connectivity index (χ4v) is 3.39. The van der Waals surface area contributed by atoms with E-state index in [0.29, 0.717) is 23.8 Å². The molecule has 0 spiro atoms. The zero-order chi connectivity index (χ0) is 22.8. The van der Waals surface area contributed by atoms with Crippen LogP contribution < -0.4 is 10.6 Å². The van der Waals surface area contributed by atoms with Crippen LogP contribution in [0, 0.1) is 5.82 Å². The number of anilines is 3. The van der Waals surface area contributed by atoms with Gasteiger partial charge in [-0.2, -0.15) is 5.10 Å².